The molecule has 0 aromatic carbocycles. The van der Waals surface area contributed by atoms with Crippen molar-refractivity contribution in [3.8, 4) is 0 Å². The number of hydrogen-bond donors (Lipinski definition) is 1. The van der Waals surface area contributed by atoms with E-state index in [2.05, 4.69) is 24.1 Å². The highest BCUT2D eigenvalue weighted by molar-refractivity contribution is 5.78. The number of nitrogens with zero attached hydrogens (tertiary/aromatic N) is 2. The van der Waals surface area contributed by atoms with Crippen LogP contribution in [0.25, 0.3) is 0 Å². The maximum Gasteiger partial charge on any atom is 0.236 e. The second-order valence-corrected chi connectivity index (χ2v) is 7.49. The molecule has 4 nitrogen and oxygen atoms in total. The first-order chi connectivity index (χ1) is 10.1. The number of fused-ring (bicyclic) bond motifs is 2. The maximum atomic E-state index is 12.2. The van der Waals surface area contributed by atoms with E-state index in [0.29, 0.717) is 24.5 Å². The van der Waals surface area contributed by atoms with Crippen molar-refractivity contribution in [2.45, 2.75) is 58.0 Å². The van der Waals surface area contributed by atoms with Gasteiger partial charge in [-0.25, -0.2) is 0 Å². The highest BCUT2D eigenvalue weighted by atomic mass is 16.2. The normalized spacial score (nSPS) is 33.7. The molecule has 2 heterocycles. The Labute approximate surface area is 129 Å². The van der Waals surface area contributed by atoms with Crippen LogP contribution in [0.4, 0.5) is 0 Å². The van der Waals surface area contributed by atoms with Gasteiger partial charge in [0.25, 0.3) is 0 Å². The molecule has 2 aliphatic heterocycles. The molecule has 2 saturated heterocycles. The fourth-order valence-corrected chi connectivity index (χ4v) is 4.51. The topological polar surface area (TPSA) is 35.6 Å². The van der Waals surface area contributed by atoms with Crippen LogP contribution in [0.15, 0.2) is 0 Å². The van der Waals surface area contributed by atoms with Gasteiger partial charge < -0.3 is 15.1 Å². The van der Waals surface area contributed by atoms with E-state index in [1.165, 1.54) is 45.2 Å². The standard InChI is InChI=1S/C17H31N3O/c1-13(2)20-11-14-6-5-7-15(12-20)17(14)18-10-16(21)19-8-3-4-9-19/h13-15,17-18H,3-12H2,1-2H3. The van der Waals surface area contributed by atoms with Crippen molar-refractivity contribution in [1.82, 2.24) is 15.1 Å². The van der Waals surface area contributed by atoms with E-state index in [9.17, 15) is 4.79 Å². The predicted octanol–water partition coefficient (Wildman–Crippen LogP) is 1.71. The van der Waals surface area contributed by atoms with Gasteiger partial charge in [0, 0.05) is 38.3 Å². The Hall–Kier alpha value is -0.610. The van der Waals surface area contributed by atoms with Gasteiger partial charge in [0.2, 0.25) is 5.91 Å². The SMILES string of the molecule is CC(C)N1CC2CCCC(C1)C2NCC(=O)N1CCCC1. The summed E-state index contributed by atoms with van der Waals surface area (Å²) in [4.78, 5) is 16.9. The minimum atomic E-state index is 0.317. The lowest BCUT2D eigenvalue weighted by atomic mass is 9.73. The highest BCUT2D eigenvalue weighted by Gasteiger charge is 2.40. The van der Waals surface area contributed by atoms with Crippen molar-refractivity contribution in [3.05, 3.63) is 0 Å². The second-order valence-electron chi connectivity index (χ2n) is 7.49. The third kappa shape index (κ3) is 3.42. The molecular formula is C17H31N3O. The van der Waals surface area contributed by atoms with Crippen molar-refractivity contribution >= 4 is 5.91 Å². The van der Waals surface area contributed by atoms with Gasteiger partial charge in [-0.15, -0.1) is 0 Å². The maximum absolute atomic E-state index is 12.2. The molecule has 1 amide bonds. The van der Waals surface area contributed by atoms with Gasteiger partial charge in [0.15, 0.2) is 0 Å². The molecule has 0 aromatic heterocycles. The van der Waals surface area contributed by atoms with Crippen LogP contribution in [0.2, 0.25) is 0 Å². The summed E-state index contributed by atoms with van der Waals surface area (Å²) in [6.07, 6.45) is 6.40. The summed E-state index contributed by atoms with van der Waals surface area (Å²) in [5.41, 5.74) is 0. The number of amides is 1. The minimum Gasteiger partial charge on any atom is -0.342 e. The van der Waals surface area contributed by atoms with Crippen molar-refractivity contribution in [2.75, 3.05) is 32.7 Å². The van der Waals surface area contributed by atoms with Gasteiger partial charge in [-0.1, -0.05) is 6.42 Å². The third-order valence-corrected chi connectivity index (χ3v) is 5.78. The van der Waals surface area contributed by atoms with Crippen molar-refractivity contribution < 1.29 is 4.79 Å². The predicted molar refractivity (Wildman–Crippen MR) is 85.1 cm³/mol. The zero-order valence-corrected chi connectivity index (χ0v) is 13.7. The van der Waals surface area contributed by atoms with E-state index < -0.39 is 0 Å². The Kier molecular flexibility index (Phi) is 4.85. The van der Waals surface area contributed by atoms with Crippen molar-refractivity contribution in [2.24, 2.45) is 11.8 Å². The monoisotopic (exact) mass is 293 g/mol. The van der Waals surface area contributed by atoms with E-state index in [4.69, 9.17) is 0 Å². The smallest absolute Gasteiger partial charge is 0.236 e. The number of carbonyl (C=O) groups is 1. The molecule has 1 saturated carbocycles. The van der Waals surface area contributed by atoms with E-state index in [1.54, 1.807) is 0 Å². The summed E-state index contributed by atoms with van der Waals surface area (Å²) in [5, 5.41) is 3.64. The number of carbonyl (C=O) groups excluding carboxylic acids is 1. The molecule has 120 valence electrons. The van der Waals surface area contributed by atoms with Crippen LogP contribution in [-0.4, -0.2) is 60.5 Å². The molecule has 2 unspecified atom stereocenters. The number of piperidine rings is 1. The molecule has 0 radical (unpaired) electrons. The lowest BCUT2D eigenvalue weighted by molar-refractivity contribution is -0.129. The van der Waals surface area contributed by atoms with Crippen LogP contribution in [-0.2, 0) is 4.79 Å². The van der Waals surface area contributed by atoms with E-state index in [1.807, 2.05) is 4.90 Å². The fraction of sp³-hybridized carbons (Fsp3) is 0.941. The number of nitrogens with one attached hydrogen (secondary N) is 1. The minimum absolute atomic E-state index is 0.317. The molecule has 21 heavy (non-hydrogen) atoms. The van der Waals surface area contributed by atoms with Crippen LogP contribution in [0.1, 0.15) is 46.0 Å². The van der Waals surface area contributed by atoms with E-state index in [-0.39, 0.29) is 0 Å². The van der Waals surface area contributed by atoms with E-state index in [0.717, 1.165) is 24.9 Å². The molecule has 1 aliphatic carbocycles. The zero-order chi connectivity index (χ0) is 14.8. The molecule has 2 bridgehead atoms. The summed E-state index contributed by atoms with van der Waals surface area (Å²) in [6, 6.07) is 1.22. The molecule has 3 rings (SSSR count). The van der Waals surface area contributed by atoms with Crippen LogP contribution >= 0.6 is 0 Å². The third-order valence-electron chi connectivity index (χ3n) is 5.78. The molecule has 0 aromatic rings. The molecule has 4 heteroatoms. The van der Waals surface area contributed by atoms with Crippen LogP contribution in [0, 0.1) is 11.8 Å². The largest absolute Gasteiger partial charge is 0.342 e. The Morgan fingerprint density at radius 2 is 1.71 bits per heavy atom. The van der Waals surface area contributed by atoms with Crippen molar-refractivity contribution in [3.63, 3.8) is 0 Å². The van der Waals surface area contributed by atoms with Crippen LogP contribution in [0.5, 0.6) is 0 Å². The number of rotatable bonds is 4. The van der Waals surface area contributed by atoms with Gasteiger partial charge in [-0.3, -0.25) is 4.79 Å². The average Bonchev–Trinajstić information content (AvgIpc) is 2.97. The lowest BCUT2D eigenvalue weighted by Gasteiger charge is -2.49. The first kappa shape index (κ1) is 15.3. The summed E-state index contributed by atoms with van der Waals surface area (Å²) >= 11 is 0. The van der Waals surface area contributed by atoms with Gasteiger partial charge >= 0.3 is 0 Å². The Morgan fingerprint density at radius 3 is 2.29 bits per heavy atom. The summed E-state index contributed by atoms with van der Waals surface area (Å²) in [6.45, 7) is 9.53. The highest BCUT2D eigenvalue weighted by Crippen LogP contribution is 2.35. The van der Waals surface area contributed by atoms with Gasteiger partial charge in [0.05, 0.1) is 6.54 Å². The lowest BCUT2D eigenvalue weighted by Crippen LogP contribution is -2.59. The average molecular weight is 293 g/mol. The first-order valence-electron chi connectivity index (χ1n) is 8.90. The van der Waals surface area contributed by atoms with Gasteiger partial charge in [-0.2, -0.15) is 0 Å². The molecule has 3 aliphatic rings. The molecular weight excluding hydrogens is 262 g/mol. The number of hydrogen-bond acceptors (Lipinski definition) is 3. The summed E-state index contributed by atoms with van der Waals surface area (Å²) < 4.78 is 0. The summed E-state index contributed by atoms with van der Waals surface area (Å²) in [7, 11) is 0. The fourth-order valence-electron chi connectivity index (χ4n) is 4.51. The van der Waals surface area contributed by atoms with Crippen LogP contribution < -0.4 is 5.32 Å². The second kappa shape index (κ2) is 6.66. The first-order valence-corrected chi connectivity index (χ1v) is 8.90. The molecule has 2 atom stereocenters. The Balaban J connectivity index is 1.54. The van der Waals surface area contributed by atoms with Gasteiger partial charge in [0.1, 0.15) is 0 Å². The van der Waals surface area contributed by atoms with E-state index >= 15 is 0 Å². The molecule has 1 N–H and O–H groups in total. The zero-order valence-electron chi connectivity index (χ0n) is 13.7. The Morgan fingerprint density at radius 1 is 1.10 bits per heavy atom. The Bertz CT molecular complexity index is 351. The van der Waals surface area contributed by atoms with Crippen molar-refractivity contribution in [1.29, 1.82) is 0 Å². The quantitative estimate of drug-likeness (QED) is 0.857. The van der Waals surface area contributed by atoms with Gasteiger partial charge in [-0.05, 0) is 51.4 Å². The molecule has 3 fully saturated rings. The van der Waals surface area contributed by atoms with Crippen LogP contribution in [0.3, 0.4) is 0 Å². The molecule has 0 spiro atoms. The number of likely N-dealkylation sites (tertiary alicyclic amines) is 2. The summed E-state index contributed by atoms with van der Waals surface area (Å²) in [5.74, 6) is 1.80.